The van der Waals surface area contributed by atoms with Crippen molar-refractivity contribution >= 4 is 30.1 Å². The Bertz CT molecular complexity index is 552. The van der Waals surface area contributed by atoms with Crippen LogP contribution >= 0.6 is 12.6 Å². The van der Waals surface area contributed by atoms with E-state index in [1.165, 1.54) is 0 Å². The van der Waals surface area contributed by atoms with E-state index < -0.39 is 23.5 Å². The summed E-state index contributed by atoms with van der Waals surface area (Å²) < 4.78 is 5.39. The highest BCUT2D eigenvalue weighted by Crippen LogP contribution is 2.32. The number of nitrogens with two attached hydrogens (primary N) is 1. The topological polar surface area (TPSA) is 114 Å². The largest absolute Gasteiger partial charge is 0.371 e. The van der Waals surface area contributed by atoms with Gasteiger partial charge in [-0.25, -0.2) is 0 Å². The van der Waals surface area contributed by atoms with Crippen LogP contribution in [0.25, 0.3) is 0 Å². The van der Waals surface area contributed by atoms with Crippen molar-refractivity contribution in [1.82, 2.24) is 5.32 Å². The lowest BCUT2D eigenvalue weighted by atomic mass is 10.1. The minimum atomic E-state index is -1.00. The van der Waals surface area contributed by atoms with Crippen LogP contribution in [0.15, 0.2) is 18.2 Å². The van der Waals surface area contributed by atoms with Crippen molar-refractivity contribution in [3.05, 3.63) is 29.3 Å². The van der Waals surface area contributed by atoms with Gasteiger partial charge in [0.2, 0.25) is 0 Å². The quantitative estimate of drug-likeness (QED) is 0.382. The van der Waals surface area contributed by atoms with Gasteiger partial charge < -0.3 is 26.2 Å². The van der Waals surface area contributed by atoms with Gasteiger partial charge in [0.1, 0.15) is 11.7 Å². The van der Waals surface area contributed by atoms with Gasteiger partial charge in [0, 0.05) is 17.8 Å². The molecule has 7 nitrogen and oxygen atoms in total. The van der Waals surface area contributed by atoms with E-state index in [-0.39, 0.29) is 6.61 Å². The van der Waals surface area contributed by atoms with E-state index in [1.807, 2.05) is 18.2 Å². The first-order valence-corrected chi connectivity index (χ1v) is 6.93. The number of benzene rings is 1. The standard InChI is InChI=1S/C13H17N3O4S/c14-11(18)12(19)15-4-3-7-1-2-9-8(5-7)13(21)20-6-10(17)16-9/h1-2,5,10,13,16-17,21H,3-4,6H2,(H2,14,18)(H,15,19)/t10-,13+/m1/s1. The summed E-state index contributed by atoms with van der Waals surface area (Å²) in [6.45, 7) is 0.446. The maximum absolute atomic E-state index is 11.0. The lowest BCUT2D eigenvalue weighted by Crippen LogP contribution is -2.37. The van der Waals surface area contributed by atoms with E-state index in [4.69, 9.17) is 10.5 Å². The van der Waals surface area contributed by atoms with Crippen LogP contribution in [-0.4, -0.2) is 36.3 Å². The van der Waals surface area contributed by atoms with Crippen LogP contribution < -0.4 is 16.4 Å². The zero-order chi connectivity index (χ0) is 15.4. The molecule has 1 heterocycles. The van der Waals surface area contributed by atoms with Crippen molar-refractivity contribution in [2.75, 3.05) is 18.5 Å². The molecule has 1 aromatic rings. The maximum atomic E-state index is 11.0. The zero-order valence-corrected chi connectivity index (χ0v) is 12.1. The van der Waals surface area contributed by atoms with Gasteiger partial charge in [-0.2, -0.15) is 0 Å². The molecule has 2 rings (SSSR count). The van der Waals surface area contributed by atoms with Gasteiger partial charge in [0.05, 0.1) is 6.61 Å². The highest BCUT2D eigenvalue weighted by molar-refractivity contribution is 7.80. The predicted molar refractivity (Wildman–Crippen MR) is 79.7 cm³/mol. The molecule has 2 atom stereocenters. The van der Waals surface area contributed by atoms with Crippen molar-refractivity contribution in [3.63, 3.8) is 0 Å². The lowest BCUT2D eigenvalue weighted by Gasteiger charge is -2.14. The zero-order valence-electron chi connectivity index (χ0n) is 11.2. The van der Waals surface area contributed by atoms with E-state index in [1.54, 1.807) is 0 Å². The Morgan fingerprint density at radius 3 is 3.00 bits per heavy atom. The maximum Gasteiger partial charge on any atom is 0.309 e. The highest BCUT2D eigenvalue weighted by Gasteiger charge is 2.20. The first kappa shape index (κ1) is 15.6. The van der Waals surface area contributed by atoms with Crippen LogP contribution in [0.1, 0.15) is 16.6 Å². The molecule has 0 aliphatic carbocycles. The highest BCUT2D eigenvalue weighted by atomic mass is 32.1. The molecule has 1 aliphatic heterocycles. The number of amides is 2. The van der Waals surface area contributed by atoms with Gasteiger partial charge in [0.15, 0.2) is 0 Å². The number of anilines is 1. The molecule has 1 aromatic carbocycles. The fourth-order valence-corrected chi connectivity index (χ4v) is 2.30. The summed E-state index contributed by atoms with van der Waals surface area (Å²) in [5.41, 5.74) is 6.92. The van der Waals surface area contributed by atoms with Crippen molar-refractivity contribution in [3.8, 4) is 0 Å². The molecule has 0 aromatic heterocycles. The number of hydrogen-bond donors (Lipinski definition) is 5. The molecule has 0 bridgehead atoms. The average Bonchev–Trinajstić information content (AvgIpc) is 2.58. The fraction of sp³-hybridized carbons (Fsp3) is 0.385. The summed E-state index contributed by atoms with van der Waals surface area (Å²) in [7, 11) is 0. The molecule has 2 amide bonds. The van der Waals surface area contributed by atoms with Crippen LogP contribution in [0.2, 0.25) is 0 Å². The molecule has 0 saturated heterocycles. The van der Waals surface area contributed by atoms with Gasteiger partial charge >= 0.3 is 11.8 Å². The van der Waals surface area contributed by atoms with E-state index in [9.17, 15) is 14.7 Å². The summed E-state index contributed by atoms with van der Waals surface area (Å²) in [5.74, 6) is -1.80. The van der Waals surface area contributed by atoms with Crippen LogP contribution in [-0.2, 0) is 20.7 Å². The number of carbonyl (C=O) groups is 2. The normalized spacial score (nSPS) is 20.9. The molecule has 0 saturated carbocycles. The van der Waals surface area contributed by atoms with Crippen molar-refractivity contribution in [1.29, 1.82) is 0 Å². The first-order valence-electron chi connectivity index (χ1n) is 6.42. The van der Waals surface area contributed by atoms with Gasteiger partial charge in [0.25, 0.3) is 0 Å². The number of hydrogen-bond acceptors (Lipinski definition) is 6. The van der Waals surface area contributed by atoms with Gasteiger partial charge in [-0.05, 0) is 18.1 Å². The Kier molecular flexibility index (Phi) is 5.05. The fourth-order valence-electron chi connectivity index (χ4n) is 2.00. The second-order valence-electron chi connectivity index (χ2n) is 4.64. The smallest absolute Gasteiger partial charge is 0.309 e. The lowest BCUT2D eigenvalue weighted by molar-refractivity contribution is -0.137. The number of thiol groups is 1. The average molecular weight is 311 g/mol. The molecule has 21 heavy (non-hydrogen) atoms. The molecule has 0 radical (unpaired) electrons. The Labute approximate surface area is 127 Å². The van der Waals surface area contributed by atoms with Gasteiger partial charge in [-0.3, -0.25) is 9.59 Å². The third kappa shape index (κ3) is 4.10. The minimum absolute atomic E-state index is 0.146. The van der Waals surface area contributed by atoms with Crippen LogP contribution in [0.5, 0.6) is 0 Å². The third-order valence-electron chi connectivity index (χ3n) is 3.04. The molecule has 8 heteroatoms. The molecule has 114 valence electrons. The molecule has 5 N–H and O–H groups in total. The van der Waals surface area contributed by atoms with Gasteiger partial charge in [-0.1, -0.05) is 12.1 Å². The molecule has 0 spiro atoms. The van der Waals surface area contributed by atoms with Crippen molar-refractivity contribution in [2.24, 2.45) is 5.73 Å². The van der Waals surface area contributed by atoms with Gasteiger partial charge in [-0.15, -0.1) is 12.6 Å². The number of aliphatic hydroxyl groups is 1. The number of aliphatic hydroxyl groups excluding tert-OH is 1. The molecule has 0 unspecified atom stereocenters. The number of ether oxygens (including phenoxy) is 1. The summed E-state index contributed by atoms with van der Waals surface area (Å²) in [6, 6.07) is 5.57. The van der Waals surface area contributed by atoms with Crippen molar-refractivity contribution < 1.29 is 19.4 Å². The van der Waals surface area contributed by atoms with Crippen molar-refractivity contribution in [2.45, 2.75) is 18.1 Å². The van der Waals surface area contributed by atoms with Crippen LogP contribution in [0.4, 0.5) is 5.69 Å². The van der Waals surface area contributed by atoms with E-state index in [0.29, 0.717) is 13.0 Å². The number of primary amides is 1. The summed E-state index contributed by atoms with van der Waals surface area (Å²) in [4.78, 5) is 21.6. The monoisotopic (exact) mass is 311 g/mol. The Morgan fingerprint density at radius 2 is 2.29 bits per heavy atom. The summed E-state index contributed by atoms with van der Waals surface area (Å²) in [5, 5.41) is 15.0. The number of carbonyl (C=O) groups excluding carboxylic acids is 2. The molecule has 0 fully saturated rings. The summed E-state index contributed by atoms with van der Waals surface area (Å²) >= 11 is 4.34. The van der Waals surface area contributed by atoms with Crippen LogP contribution in [0.3, 0.4) is 0 Å². The second kappa shape index (κ2) is 6.79. The predicted octanol–water partition coefficient (Wildman–Crippen LogP) is -0.480. The number of rotatable bonds is 3. The number of fused-ring (bicyclic) bond motifs is 1. The molecular weight excluding hydrogens is 294 g/mol. The Morgan fingerprint density at radius 1 is 1.52 bits per heavy atom. The second-order valence-corrected chi connectivity index (χ2v) is 5.11. The third-order valence-corrected chi connectivity index (χ3v) is 3.47. The molecular formula is C13H17N3O4S. The first-order chi connectivity index (χ1) is 9.97. The Hall–Kier alpha value is -1.77. The van der Waals surface area contributed by atoms with E-state index in [2.05, 4.69) is 23.3 Å². The molecule has 1 aliphatic rings. The SMILES string of the molecule is NC(=O)C(=O)NCCc1ccc2c(c1)[C@H](S)OC[C@@H](O)N2. The number of nitrogens with one attached hydrogen (secondary N) is 2. The van der Waals surface area contributed by atoms with E-state index >= 15 is 0 Å². The van der Waals surface area contributed by atoms with Crippen LogP contribution in [0, 0.1) is 0 Å². The minimum Gasteiger partial charge on any atom is -0.371 e. The van der Waals surface area contributed by atoms with E-state index in [0.717, 1.165) is 16.8 Å². The summed E-state index contributed by atoms with van der Waals surface area (Å²) in [6.07, 6.45) is -0.239. The Balaban J connectivity index is 2.03.